The Bertz CT molecular complexity index is 738. The summed E-state index contributed by atoms with van der Waals surface area (Å²) in [5.74, 6) is 0.328. The highest BCUT2D eigenvalue weighted by atomic mass is 16.5. The quantitative estimate of drug-likeness (QED) is 0.712. The van der Waals surface area contributed by atoms with Gasteiger partial charge in [0.1, 0.15) is 6.61 Å². The third-order valence-corrected chi connectivity index (χ3v) is 4.02. The van der Waals surface area contributed by atoms with Crippen LogP contribution in [-0.4, -0.2) is 10.5 Å². The molecular weight excluding hydrogens is 316 g/mol. The van der Waals surface area contributed by atoms with Gasteiger partial charge in [-0.2, -0.15) is 0 Å². The van der Waals surface area contributed by atoms with Crippen molar-refractivity contribution in [1.29, 1.82) is 0 Å². The minimum absolute atomic E-state index is 0.0188. The van der Waals surface area contributed by atoms with E-state index in [0.29, 0.717) is 25.3 Å². The van der Waals surface area contributed by atoms with Gasteiger partial charge < -0.3 is 14.6 Å². The van der Waals surface area contributed by atoms with E-state index in [2.05, 4.69) is 12.2 Å². The zero-order valence-electron chi connectivity index (χ0n) is 15.0. The van der Waals surface area contributed by atoms with Gasteiger partial charge in [0, 0.05) is 25.2 Å². The predicted molar refractivity (Wildman–Crippen MR) is 98.4 cm³/mol. The number of aryl methyl sites for hydroxylation is 1. The van der Waals surface area contributed by atoms with E-state index in [4.69, 9.17) is 4.74 Å². The second-order valence-corrected chi connectivity index (χ2v) is 6.11. The minimum Gasteiger partial charge on any atom is -0.483 e. The van der Waals surface area contributed by atoms with Crippen LogP contribution >= 0.6 is 0 Å². The molecule has 1 aromatic carbocycles. The van der Waals surface area contributed by atoms with E-state index in [1.54, 1.807) is 6.20 Å². The van der Waals surface area contributed by atoms with Gasteiger partial charge in [-0.15, -0.1) is 0 Å². The number of ether oxygens (including phenoxy) is 1. The van der Waals surface area contributed by atoms with Crippen molar-refractivity contribution in [2.24, 2.45) is 7.05 Å². The molecule has 2 rings (SSSR count). The standard InChI is InChI=1S/C20H26N2O3/c1-3-4-6-11-20(24)21-13-17-12-18(23)19(14-22(17)2)25-15-16-9-7-5-8-10-16/h5,7-10,12,14H,3-4,6,11,13,15H2,1-2H3,(H,21,24). The highest BCUT2D eigenvalue weighted by molar-refractivity contribution is 5.75. The van der Waals surface area contributed by atoms with Crippen LogP contribution in [0.15, 0.2) is 47.4 Å². The molecule has 1 aromatic heterocycles. The Labute approximate surface area is 148 Å². The van der Waals surface area contributed by atoms with Gasteiger partial charge in [0.2, 0.25) is 11.3 Å². The summed E-state index contributed by atoms with van der Waals surface area (Å²) >= 11 is 0. The van der Waals surface area contributed by atoms with Crippen molar-refractivity contribution in [3.8, 4) is 5.75 Å². The Hall–Kier alpha value is -2.56. The largest absolute Gasteiger partial charge is 0.483 e. The van der Waals surface area contributed by atoms with Gasteiger partial charge in [0.25, 0.3) is 0 Å². The molecule has 5 heteroatoms. The van der Waals surface area contributed by atoms with Crippen LogP contribution in [0.1, 0.15) is 43.9 Å². The molecule has 2 aromatic rings. The summed E-state index contributed by atoms with van der Waals surface area (Å²) in [4.78, 5) is 24.0. The highest BCUT2D eigenvalue weighted by Crippen LogP contribution is 2.09. The monoisotopic (exact) mass is 342 g/mol. The molecule has 0 atom stereocenters. The summed E-state index contributed by atoms with van der Waals surface area (Å²) in [5.41, 5.74) is 1.58. The first-order valence-corrected chi connectivity index (χ1v) is 8.73. The number of amides is 1. The number of nitrogens with zero attached hydrogens (tertiary/aromatic N) is 1. The van der Waals surface area contributed by atoms with Crippen molar-refractivity contribution < 1.29 is 9.53 Å². The Morgan fingerprint density at radius 1 is 1.20 bits per heavy atom. The van der Waals surface area contributed by atoms with Crippen LogP contribution in [0.4, 0.5) is 0 Å². The summed E-state index contributed by atoms with van der Waals surface area (Å²) in [6, 6.07) is 11.2. The van der Waals surface area contributed by atoms with Crippen molar-refractivity contribution in [2.75, 3.05) is 0 Å². The van der Waals surface area contributed by atoms with Crippen molar-refractivity contribution >= 4 is 5.91 Å². The second kappa shape index (κ2) is 9.67. The lowest BCUT2D eigenvalue weighted by Crippen LogP contribution is -2.25. The van der Waals surface area contributed by atoms with Crippen molar-refractivity contribution in [1.82, 2.24) is 9.88 Å². The molecule has 5 nitrogen and oxygen atoms in total. The number of aromatic nitrogens is 1. The lowest BCUT2D eigenvalue weighted by molar-refractivity contribution is -0.121. The second-order valence-electron chi connectivity index (χ2n) is 6.11. The molecule has 0 bridgehead atoms. The lowest BCUT2D eigenvalue weighted by Gasteiger charge is -2.12. The van der Waals surface area contributed by atoms with Gasteiger partial charge in [-0.05, 0) is 12.0 Å². The topological polar surface area (TPSA) is 60.3 Å². The number of hydrogen-bond acceptors (Lipinski definition) is 3. The number of unbranched alkanes of at least 4 members (excludes halogenated alkanes) is 2. The molecule has 0 unspecified atom stereocenters. The van der Waals surface area contributed by atoms with Gasteiger partial charge in [0.05, 0.1) is 12.7 Å². The van der Waals surface area contributed by atoms with Crippen molar-refractivity contribution in [3.05, 3.63) is 64.1 Å². The Balaban J connectivity index is 1.92. The van der Waals surface area contributed by atoms with E-state index < -0.39 is 0 Å². The van der Waals surface area contributed by atoms with Gasteiger partial charge in [-0.25, -0.2) is 0 Å². The SMILES string of the molecule is CCCCCC(=O)NCc1cc(=O)c(OCc2ccccc2)cn1C. The summed E-state index contributed by atoms with van der Waals surface area (Å²) < 4.78 is 7.44. The summed E-state index contributed by atoms with van der Waals surface area (Å²) in [7, 11) is 1.84. The maximum absolute atomic E-state index is 12.2. The smallest absolute Gasteiger partial charge is 0.223 e. The van der Waals surface area contributed by atoms with Gasteiger partial charge in [-0.3, -0.25) is 9.59 Å². The number of pyridine rings is 1. The normalized spacial score (nSPS) is 10.5. The molecule has 1 N–H and O–H groups in total. The van der Waals surface area contributed by atoms with Gasteiger partial charge in [0.15, 0.2) is 5.75 Å². The van der Waals surface area contributed by atoms with Gasteiger partial charge in [-0.1, -0.05) is 50.1 Å². The number of hydrogen-bond donors (Lipinski definition) is 1. The molecule has 134 valence electrons. The Morgan fingerprint density at radius 2 is 1.96 bits per heavy atom. The van der Waals surface area contributed by atoms with E-state index in [-0.39, 0.29) is 11.3 Å². The van der Waals surface area contributed by atoms with Crippen LogP contribution in [-0.2, 0) is 25.0 Å². The first-order chi connectivity index (χ1) is 12.1. The van der Waals surface area contributed by atoms with E-state index in [1.165, 1.54) is 6.07 Å². The number of benzene rings is 1. The fourth-order valence-corrected chi connectivity index (χ4v) is 2.48. The molecule has 0 radical (unpaired) electrons. The number of nitrogens with one attached hydrogen (secondary N) is 1. The fraction of sp³-hybridized carbons (Fsp3) is 0.400. The van der Waals surface area contributed by atoms with Crippen molar-refractivity contribution in [3.63, 3.8) is 0 Å². The van der Waals surface area contributed by atoms with Gasteiger partial charge >= 0.3 is 0 Å². The first-order valence-electron chi connectivity index (χ1n) is 8.73. The zero-order chi connectivity index (χ0) is 18.1. The van der Waals surface area contributed by atoms with Crippen LogP contribution in [0.3, 0.4) is 0 Å². The average Bonchev–Trinajstić information content (AvgIpc) is 2.62. The maximum Gasteiger partial charge on any atom is 0.223 e. The van der Waals surface area contributed by atoms with E-state index in [1.807, 2.05) is 41.9 Å². The molecule has 0 fully saturated rings. The van der Waals surface area contributed by atoms with Crippen LogP contribution in [0.2, 0.25) is 0 Å². The number of carbonyl (C=O) groups is 1. The molecular formula is C20H26N2O3. The van der Waals surface area contributed by atoms with E-state index >= 15 is 0 Å². The van der Waals surface area contributed by atoms with E-state index in [9.17, 15) is 9.59 Å². The first kappa shape index (κ1) is 18.8. The van der Waals surface area contributed by atoms with Crippen LogP contribution in [0.25, 0.3) is 0 Å². The molecule has 1 amide bonds. The predicted octanol–water partition coefficient (Wildman–Crippen LogP) is 3.16. The highest BCUT2D eigenvalue weighted by Gasteiger charge is 2.08. The number of carbonyl (C=O) groups excluding carboxylic acids is 1. The zero-order valence-corrected chi connectivity index (χ0v) is 15.0. The molecule has 0 aliphatic rings. The molecule has 0 aliphatic carbocycles. The van der Waals surface area contributed by atoms with Crippen LogP contribution < -0.4 is 15.5 Å². The molecule has 0 saturated heterocycles. The Kier molecular flexibility index (Phi) is 7.26. The molecule has 25 heavy (non-hydrogen) atoms. The summed E-state index contributed by atoms with van der Waals surface area (Å²) in [6.07, 6.45) is 5.24. The summed E-state index contributed by atoms with van der Waals surface area (Å²) in [6.45, 7) is 2.80. The maximum atomic E-state index is 12.2. The fourth-order valence-electron chi connectivity index (χ4n) is 2.48. The molecule has 1 heterocycles. The third-order valence-electron chi connectivity index (χ3n) is 4.02. The summed E-state index contributed by atoms with van der Waals surface area (Å²) in [5, 5.41) is 2.86. The molecule has 0 spiro atoms. The van der Waals surface area contributed by atoms with E-state index in [0.717, 1.165) is 30.5 Å². The minimum atomic E-state index is -0.177. The molecule has 0 aliphatic heterocycles. The lowest BCUT2D eigenvalue weighted by atomic mass is 10.2. The van der Waals surface area contributed by atoms with Crippen LogP contribution in [0.5, 0.6) is 5.75 Å². The third kappa shape index (κ3) is 6.10. The average molecular weight is 342 g/mol. The molecule has 0 saturated carbocycles. The van der Waals surface area contributed by atoms with Crippen LogP contribution in [0, 0.1) is 0 Å². The Morgan fingerprint density at radius 3 is 2.68 bits per heavy atom. The van der Waals surface area contributed by atoms with Crippen molar-refractivity contribution in [2.45, 2.75) is 45.8 Å². The number of rotatable bonds is 9.